The molecule has 0 aromatic heterocycles. The quantitative estimate of drug-likeness (QED) is 0.653. The molecular formula is C13H14O5. The second-order valence-corrected chi connectivity index (χ2v) is 4.10. The van der Waals surface area contributed by atoms with E-state index >= 15 is 0 Å². The van der Waals surface area contributed by atoms with Crippen molar-refractivity contribution < 1.29 is 24.9 Å². The first-order valence-corrected chi connectivity index (χ1v) is 5.57. The molecule has 0 radical (unpaired) electrons. The average molecular weight is 250 g/mol. The van der Waals surface area contributed by atoms with Crippen molar-refractivity contribution >= 4 is 5.97 Å². The molecule has 0 saturated heterocycles. The summed E-state index contributed by atoms with van der Waals surface area (Å²) in [4.78, 5) is 11.1. The molecule has 1 aliphatic rings. The number of benzene rings is 1. The Morgan fingerprint density at radius 2 is 1.83 bits per heavy atom. The van der Waals surface area contributed by atoms with Crippen LogP contribution in [0, 0.1) is 0 Å². The van der Waals surface area contributed by atoms with Crippen molar-refractivity contribution in [2.45, 2.75) is 24.4 Å². The molecule has 1 aliphatic heterocycles. The van der Waals surface area contributed by atoms with E-state index in [1.165, 1.54) is 6.08 Å². The van der Waals surface area contributed by atoms with Gasteiger partial charge in [-0.15, -0.1) is 0 Å². The average Bonchev–Trinajstić information content (AvgIpc) is 2.41. The number of hydrogen-bond donors (Lipinski definition) is 3. The summed E-state index contributed by atoms with van der Waals surface area (Å²) in [6.45, 7) is 0. The number of cyclic esters (lactones) is 1. The lowest BCUT2D eigenvalue weighted by molar-refractivity contribution is -0.166. The van der Waals surface area contributed by atoms with Gasteiger partial charge < -0.3 is 20.1 Å². The minimum Gasteiger partial charge on any atom is -0.453 e. The van der Waals surface area contributed by atoms with Crippen LogP contribution in [-0.2, 0) is 9.53 Å². The molecule has 0 saturated carbocycles. The van der Waals surface area contributed by atoms with E-state index in [1.54, 1.807) is 30.3 Å². The van der Waals surface area contributed by atoms with Crippen LogP contribution >= 0.6 is 0 Å². The fraction of sp³-hybridized carbons (Fsp3) is 0.308. The van der Waals surface area contributed by atoms with E-state index in [2.05, 4.69) is 0 Å². The van der Waals surface area contributed by atoms with E-state index in [9.17, 15) is 20.1 Å². The second kappa shape index (κ2) is 5.30. The predicted molar refractivity (Wildman–Crippen MR) is 62.4 cm³/mol. The van der Waals surface area contributed by atoms with Crippen LogP contribution in [0.4, 0.5) is 0 Å². The second-order valence-electron chi connectivity index (χ2n) is 4.10. The number of rotatable bonds is 3. The smallest absolute Gasteiger partial charge is 0.330 e. The van der Waals surface area contributed by atoms with Gasteiger partial charge in [0.2, 0.25) is 0 Å². The van der Waals surface area contributed by atoms with Gasteiger partial charge in [0.05, 0.1) is 0 Å². The summed E-state index contributed by atoms with van der Waals surface area (Å²) in [5.74, 6) is -0.649. The van der Waals surface area contributed by atoms with Crippen LogP contribution in [0.15, 0.2) is 42.5 Å². The van der Waals surface area contributed by atoms with Gasteiger partial charge in [-0.05, 0) is 11.6 Å². The van der Waals surface area contributed by atoms with Gasteiger partial charge in [-0.1, -0.05) is 30.3 Å². The zero-order valence-electron chi connectivity index (χ0n) is 9.51. The number of aliphatic hydroxyl groups excluding tert-OH is 3. The summed E-state index contributed by atoms with van der Waals surface area (Å²) >= 11 is 0. The zero-order valence-corrected chi connectivity index (χ0v) is 9.51. The van der Waals surface area contributed by atoms with Gasteiger partial charge in [0, 0.05) is 6.08 Å². The number of hydrogen-bond acceptors (Lipinski definition) is 5. The molecule has 0 unspecified atom stereocenters. The van der Waals surface area contributed by atoms with Crippen LogP contribution in [-0.4, -0.2) is 39.6 Å². The summed E-state index contributed by atoms with van der Waals surface area (Å²) in [5, 5.41) is 29.5. The van der Waals surface area contributed by atoms with Crippen molar-refractivity contribution in [2.24, 2.45) is 0 Å². The molecule has 1 aromatic rings. The molecule has 0 fully saturated rings. The normalized spacial score (nSPS) is 26.5. The van der Waals surface area contributed by atoms with Crippen molar-refractivity contribution in [1.82, 2.24) is 0 Å². The maximum atomic E-state index is 11.1. The Morgan fingerprint density at radius 1 is 1.17 bits per heavy atom. The molecule has 96 valence electrons. The maximum absolute atomic E-state index is 11.1. The molecule has 1 aromatic carbocycles. The molecule has 0 bridgehead atoms. The third-order valence-electron chi connectivity index (χ3n) is 2.82. The number of ether oxygens (including phenoxy) is 1. The van der Waals surface area contributed by atoms with Gasteiger partial charge in [-0.3, -0.25) is 0 Å². The fourth-order valence-electron chi connectivity index (χ4n) is 1.83. The maximum Gasteiger partial charge on any atom is 0.330 e. The van der Waals surface area contributed by atoms with Gasteiger partial charge >= 0.3 is 5.97 Å². The fourth-order valence-corrected chi connectivity index (χ4v) is 1.83. The molecule has 0 aliphatic carbocycles. The number of carbonyl (C=O) groups is 1. The molecule has 0 spiro atoms. The van der Waals surface area contributed by atoms with E-state index in [0.717, 1.165) is 6.08 Å². The summed E-state index contributed by atoms with van der Waals surface area (Å²) in [5.41, 5.74) is 0.489. The Bertz CT molecular complexity index is 442. The van der Waals surface area contributed by atoms with E-state index in [1.807, 2.05) is 0 Å². The summed E-state index contributed by atoms with van der Waals surface area (Å²) in [7, 11) is 0. The molecular weight excluding hydrogens is 236 g/mol. The van der Waals surface area contributed by atoms with E-state index < -0.39 is 30.4 Å². The van der Waals surface area contributed by atoms with Crippen LogP contribution in [0.2, 0.25) is 0 Å². The molecule has 0 amide bonds. The van der Waals surface area contributed by atoms with E-state index in [0.29, 0.717) is 5.56 Å². The molecule has 1 heterocycles. The lowest BCUT2D eigenvalue weighted by atomic mass is 9.96. The first kappa shape index (κ1) is 12.8. The largest absolute Gasteiger partial charge is 0.453 e. The van der Waals surface area contributed by atoms with Crippen LogP contribution < -0.4 is 0 Å². The number of esters is 1. The van der Waals surface area contributed by atoms with Gasteiger partial charge in [0.1, 0.15) is 18.3 Å². The number of aliphatic hydroxyl groups is 3. The highest BCUT2D eigenvalue weighted by molar-refractivity contribution is 5.83. The van der Waals surface area contributed by atoms with Crippen molar-refractivity contribution in [3.63, 3.8) is 0 Å². The molecule has 2 rings (SSSR count). The van der Waals surface area contributed by atoms with Gasteiger partial charge in [-0.2, -0.15) is 0 Å². The summed E-state index contributed by atoms with van der Waals surface area (Å²) in [6, 6.07) is 8.49. The van der Waals surface area contributed by atoms with E-state index in [-0.39, 0.29) is 0 Å². The van der Waals surface area contributed by atoms with Crippen LogP contribution in [0.1, 0.15) is 11.7 Å². The predicted octanol–water partition coefficient (Wildman–Crippen LogP) is -0.0766. The summed E-state index contributed by atoms with van der Waals surface area (Å²) < 4.78 is 4.82. The van der Waals surface area contributed by atoms with Gasteiger partial charge in [0.15, 0.2) is 6.10 Å². The van der Waals surface area contributed by atoms with Crippen molar-refractivity contribution in [1.29, 1.82) is 0 Å². The molecule has 3 N–H and O–H groups in total. The van der Waals surface area contributed by atoms with E-state index in [4.69, 9.17) is 4.74 Å². The lowest BCUT2D eigenvalue weighted by Gasteiger charge is -2.30. The topological polar surface area (TPSA) is 87.0 Å². The summed E-state index contributed by atoms with van der Waals surface area (Å²) in [6.07, 6.45) is -2.60. The monoisotopic (exact) mass is 250 g/mol. The highest BCUT2D eigenvalue weighted by Gasteiger charge is 2.36. The van der Waals surface area contributed by atoms with Crippen molar-refractivity contribution in [2.75, 3.05) is 0 Å². The first-order chi connectivity index (χ1) is 8.59. The first-order valence-electron chi connectivity index (χ1n) is 5.57. The Morgan fingerprint density at radius 3 is 2.50 bits per heavy atom. The SMILES string of the molecule is O=C1C=C[C@@H](O)[C@@H]([C@@H](O)[C@H](O)c2ccccc2)O1. The minimum atomic E-state index is -1.39. The highest BCUT2D eigenvalue weighted by Crippen LogP contribution is 2.23. The van der Waals surface area contributed by atoms with Crippen LogP contribution in [0.5, 0.6) is 0 Å². The Labute approximate surface area is 104 Å². The number of carbonyl (C=O) groups excluding carboxylic acids is 1. The third-order valence-corrected chi connectivity index (χ3v) is 2.82. The highest BCUT2D eigenvalue weighted by atomic mass is 16.6. The van der Waals surface area contributed by atoms with Gasteiger partial charge in [-0.25, -0.2) is 4.79 Å². The molecule has 5 heteroatoms. The molecule has 5 nitrogen and oxygen atoms in total. The Hall–Kier alpha value is -1.69. The minimum absolute atomic E-state index is 0.489. The zero-order chi connectivity index (χ0) is 13.1. The van der Waals surface area contributed by atoms with Gasteiger partial charge in [0.25, 0.3) is 0 Å². The third kappa shape index (κ3) is 2.59. The van der Waals surface area contributed by atoms with Crippen LogP contribution in [0.3, 0.4) is 0 Å². The standard InChI is InChI=1S/C13H14O5/c14-9-6-7-10(15)18-13(9)12(17)11(16)8-4-2-1-3-5-8/h1-7,9,11-14,16-17H/t9-,11-,12+,13+/m1/s1. The molecule has 4 atom stereocenters. The Kier molecular flexibility index (Phi) is 3.76. The van der Waals surface area contributed by atoms with Crippen LogP contribution in [0.25, 0.3) is 0 Å². The van der Waals surface area contributed by atoms with Crippen molar-refractivity contribution in [3.8, 4) is 0 Å². The van der Waals surface area contributed by atoms with Crippen molar-refractivity contribution in [3.05, 3.63) is 48.0 Å². The lowest BCUT2D eigenvalue weighted by Crippen LogP contribution is -2.45. The molecule has 18 heavy (non-hydrogen) atoms. The Balaban J connectivity index is 2.14.